The Morgan fingerprint density at radius 3 is 2.43 bits per heavy atom. The molecular formula is C23H29Cl2N3O6S. The van der Waals surface area contributed by atoms with Crippen LogP contribution in [0.3, 0.4) is 0 Å². The quantitative estimate of drug-likeness (QED) is 0.319. The van der Waals surface area contributed by atoms with Gasteiger partial charge in [-0.15, -0.1) is 11.8 Å². The number of carboxylic acid groups (broad SMARTS) is 1. The van der Waals surface area contributed by atoms with Crippen molar-refractivity contribution in [3.8, 4) is 0 Å². The number of halogens is 2. The number of carboxylic acids is 1. The van der Waals surface area contributed by atoms with Gasteiger partial charge in [0.15, 0.2) is 0 Å². The number of aliphatic carboxylic acids is 1. The van der Waals surface area contributed by atoms with Crippen molar-refractivity contribution in [1.29, 1.82) is 0 Å². The van der Waals surface area contributed by atoms with Gasteiger partial charge in [0.2, 0.25) is 11.8 Å². The molecule has 0 saturated carbocycles. The van der Waals surface area contributed by atoms with Crippen LogP contribution in [0.2, 0.25) is 10.0 Å². The SMILES string of the molecule is CSc1ccc(C=CC(=O)N2CCC(C(=O)NC(CNC(=O)OC(C)C)C(=O)O)CC2)c(Cl)c1Cl. The largest absolute Gasteiger partial charge is 0.480 e. The lowest BCUT2D eigenvalue weighted by atomic mass is 9.95. The lowest BCUT2D eigenvalue weighted by Gasteiger charge is -2.31. The number of benzene rings is 1. The number of thioether (sulfide) groups is 1. The summed E-state index contributed by atoms with van der Waals surface area (Å²) in [6.07, 6.45) is 4.57. The molecule has 0 spiro atoms. The standard InChI is InChI=1S/C23H29Cl2N3O6S/c1-13(2)34-23(33)26-12-16(22(31)32)27-21(30)15-8-10-28(11-9-15)18(29)7-5-14-4-6-17(35-3)20(25)19(14)24/h4-7,13,15-16H,8-12H2,1-3H3,(H,26,33)(H,27,30)(H,31,32). The first-order chi connectivity index (χ1) is 16.5. The van der Waals surface area contributed by atoms with Crippen molar-refractivity contribution in [3.63, 3.8) is 0 Å². The number of nitrogens with one attached hydrogen (secondary N) is 2. The maximum absolute atomic E-state index is 12.6. The Hall–Kier alpha value is -2.43. The molecule has 1 fully saturated rings. The minimum Gasteiger partial charge on any atom is -0.480 e. The number of piperidine rings is 1. The van der Waals surface area contributed by atoms with Gasteiger partial charge >= 0.3 is 12.1 Å². The highest BCUT2D eigenvalue weighted by atomic mass is 35.5. The van der Waals surface area contributed by atoms with Crippen molar-refractivity contribution in [2.45, 2.75) is 43.7 Å². The summed E-state index contributed by atoms with van der Waals surface area (Å²) in [6.45, 7) is 3.71. The van der Waals surface area contributed by atoms with Crippen molar-refractivity contribution < 1.29 is 29.0 Å². The molecule has 3 amide bonds. The molecular weight excluding hydrogens is 517 g/mol. The highest BCUT2D eigenvalue weighted by molar-refractivity contribution is 7.98. The molecule has 1 aromatic rings. The molecule has 0 bridgehead atoms. The fourth-order valence-electron chi connectivity index (χ4n) is 3.39. The van der Waals surface area contributed by atoms with E-state index in [4.69, 9.17) is 27.9 Å². The van der Waals surface area contributed by atoms with Gasteiger partial charge < -0.3 is 25.4 Å². The normalized spacial score (nSPS) is 15.2. The van der Waals surface area contributed by atoms with Crippen LogP contribution in [0, 0.1) is 5.92 Å². The average molecular weight is 546 g/mol. The fraction of sp³-hybridized carbons (Fsp3) is 0.478. The van der Waals surface area contributed by atoms with E-state index in [1.54, 1.807) is 30.9 Å². The van der Waals surface area contributed by atoms with Gasteiger partial charge in [-0.05, 0) is 50.7 Å². The molecule has 35 heavy (non-hydrogen) atoms. The Bertz CT molecular complexity index is 980. The van der Waals surface area contributed by atoms with Gasteiger partial charge in [-0.3, -0.25) is 9.59 Å². The summed E-state index contributed by atoms with van der Waals surface area (Å²) in [5, 5.41) is 15.0. The summed E-state index contributed by atoms with van der Waals surface area (Å²) >= 11 is 14.0. The van der Waals surface area contributed by atoms with Crippen LogP contribution in [0.25, 0.3) is 6.08 Å². The first kappa shape index (κ1) is 28.8. The number of hydrogen-bond acceptors (Lipinski definition) is 6. The van der Waals surface area contributed by atoms with Gasteiger partial charge in [0, 0.05) is 30.0 Å². The molecule has 192 valence electrons. The van der Waals surface area contributed by atoms with Crippen molar-refractivity contribution in [1.82, 2.24) is 15.5 Å². The van der Waals surface area contributed by atoms with Gasteiger partial charge in [0.05, 0.1) is 22.7 Å². The Kier molecular flexibility index (Phi) is 11.2. The zero-order valence-electron chi connectivity index (χ0n) is 19.7. The number of carbonyl (C=O) groups excluding carboxylic acids is 3. The van der Waals surface area contributed by atoms with E-state index in [9.17, 15) is 24.3 Å². The summed E-state index contributed by atoms with van der Waals surface area (Å²) in [5.74, 6) is -2.37. The third kappa shape index (κ3) is 8.63. The minimum atomic E-state index is -1.29. The van der Waals surface area contributed by atoms with Crippen molar-refractivity contribution in [2.75, 3.05) is 25.9 Å². The molecule has 12 heteroatoms. The molecule has 1 aliphatic rings. The van der Waals surface area contributed by atoms with E-state index in [0.717, 1.165) is 4.90 Å². The second kappa shape index (κ2) is 13.6. The van der Waals surface area contributed by atoms with Crippen LogP contribution in [0.5, 0.6) is 0 Å². The van der Waals surface area contributed by atoms with Gasteiger partial charge in [-0.2, -0.15) is 0 Å². The summed E-state index contributed by atoms with van der Waals surface area (Å²) < 4.78 is 4.89. The molecule has 0 aromatic heterocycles. The number of amides is 3. The number of likely N-dealkylation sites (tertiary alicyclic amines) is 1. The van der Waals surface area contributed by atoms with Gasteiger partial charge in [0.25, 0.3) is 0 Å². The highest BCUT2D eigenvalue weighted by Gasteiger charge is 2.30. The summed E-state index contributed by atoms with van der Waals surface area (Å²) in [4.78, 5) is 50.7. The predicted octanol–water partition coefficient (Wildman–Crippen LogP) is 3.67. The minimum absolute atomic E-state index is 0.221. The van der Waals surface area contributed by atoms with Gasteiger partial charge in [0.1, 0.15) is 6.04 Å². The monoisotopic (exact) mass is 545 g/mol. The predicted molar refractivity (Wildman–Crippen MR) is 136 cm³/mol. The molecule has 0 aliphatic carbocycles. The smallest absolute Gasteiger partial charge is 0.407 e. The van der Waals surface area contributed by atoms with Crippen molar-refractivity contribution >= 4 is 64.9 Å². The van der Waals surface area contributed by atoms with E-state index >= 15 is 0 Å². The van der Waals surface area contributed by atoms with Crippen LogP contribution in [-0.4, -0.2) is 71.9 Å². The van der Waals surface area contributed by atoms with Crippen LogP contribution < -0.4 is 10.6 Å². The fourth-order valence-corrected chi connectivity index (χ4v) is 4.57. The van der Waals surface area contributed by atoms with Crippen LogP contribution in [-0.2, 0) is 19.1 Å². The molecule has 1 unspecified atom stereocenters. The maximum Gasteiger partial charge on any atom is 0.407 e. The van der Waals surface area contributed by atoms with Crippen LogP contribution in [0.15, 0.2) is 23.1 Å². The topological polar surface area (TPSA) is 125 Å². The van der Waals surface area contributed by atoms with Crippen LogP contribution >= 0.6 is 35.0 Å². The van der Waals surface area contributed by atoms with E-state index in [1.165, 1.54) is 17.8 Å². The summed E-state index contributed by atoms with van der Waals surface area (Å²) in [7, 11) is 0. The highest BCUT2D eigenvalue weighted by Crippen LogP contribution is 2.35. The molecule has 1 heterocycles. The maximum atomic E-state index is 12.6. The zero-order valence-corrected chi connectivity index (χ0v) is 22.0. The van der Waals surface area contributed by atoms with E-state index in [0.29, 0.717) is 41.5 Å². The number of ether oxygens (including phenoxy) is 1. The summed E-state index contributed by atoms with van der Waals surface area (Å²) in [5.41, 5.74) is 0.627. The number of rotatable bonds is 9. The number of carbonyl (C=O) groups is 4. The second-order valence-electron chi connectivity index (χ2n) is 8.15. The molecule has 2 rings (SSSR count). The molecule has 1 saturated heterocycles. The summed E-state index contributed by atoms with van der Waals surface area (Å²) in [6, 6.07) is 2.33. The van der Waals surface area contributed by atoms with Gasteiger partial charge in [-0.1, -0.05) is 29.3 Å². The van der Waals surface area contributed by atoms with E-state index in [2.05, 4.69) is 10.6 Å². The first-order valence-corrected chi connectivity index (χ1v) is 13.0. The molecule has 0 radical (unpaired) electrons. The Morgan fingerprint density at radius 1 is 1.20 bits per heavy atom. The Labute approximate surface area is 218 Å². The van der Waals surface area contributed by atoms with E-state index in [-0.39, 0.29) is 18.6 Å². The molecule has 9 nitrogen and oxygen atoms in total. The molecule has 1 aliphatic heterocycles. The molecule has 1 atom stereocenters. The number of alkyl carbamates (subject to hydrolysis) is 1. The third-order valence-corrected chi connectivity index (χ3v) is 7.08. The molecule has 3 N–H and O–H groups in total. The van der Waals surface area contributed by atoms with Crippen LogP contribution in [0.4, 0.5) is 4.79 Å². The molecule has 1 aromatic carbocycles. The van der Waals surface area contributed by atoms with Crippen molar-refractivity contribution in [3.05, 3.63) is 33.8 Å². The average Bonchev–Trinajstić information content (AvgIpc) is 2.81. The first-order valence-electron chi connectivity index (χ1n) is 11.0. The lowest BCUT2D eigenvalue weighted by Crippen LogP contribution is -2.51. The number of nitrogens with zero attached hydrogens (tertiary/aromatic N) is 1. The number of hydrogen-bond donors (Lipinski definition) is 3. The lowest BCUT2D eigenvalue weighted by molar-refractivity contribution is -0.142. The van der Waals surface area contributed by atoms with E-state index in [1.807, 2.05) is 12.3 Å². The van der Waals surface area contributed by atoms with E-state index < -0.39 is 29.9 Å². The third-order valence-electron chi connectivity index (χ3n) is 5.29. The Morgan fingerprint density at radius 2 is 1.86 bits per heavy atom. The van der Waals surface area contributed by atoms with Gasteiger partial charge in [-0.25, -0.2) is 9.59 Å². The zero-order chi connectivity index (χ0) is 26.1. The van der Waals surface area contributed by atoms with Crippen molar-refractivity contribution in [2.24, 2.45) is 5.92 Å². The second-order valence-corrected chi connectivity index (χ2v) is 9.76. The Balaban J connectivity index is 1.87. The van der Waals surface area contributed by atoms with Crippen LogP contribution in [0.1, 0.15) is 32.3 Å².